The van der Waals surface area contributed by atoms with E-state index in [-0.39, 0.29) is 5.41 Å². The highest BCUT2D eigenvalue weighted by Gasteiger charge is 2.36. The van der Waals surface area contributed by atoms with E-state index in [0.29, 0.717) is 36.9 Å². The van der Waals surface area contributed by atoms with E-state index < -0.39 is 11.8 Å². The summed E-state index contributed by atoms with van der Waals surface area (Å²) < 4.78 is 15.9. The smallest absolute Gasteiger partial charge is 0.313 e. The summed E-state index contributed by atoms with van der Waals surface area (Å²) in [6.07, 6.45) is 1.61. The molecule has 0 saturated carbocycles. The van der Waals surface area contributed by atoms with Gasteiger partial charge in [0, 0.05) is 36.1 Å². The van der Waals surface area contributed by atoms with E-state index in [1.165, 1.54) is 12.0 Å². The lowest BCUT2D eigenvalue weighted by molar-refractivity contribution is -0.136. The lowest BCUT2D eigenvalue weighted by atomic mass is 9.78. The Balaban J connectivity index is 1.65. The highest BCUT2D eigenvalue weighted by atomic mass is 32.1. The molecule has 3 rings (SSSR count). The number of amides is 2. The van der Waals surface area contributed by atoms with Gasteiger partial charge in [0.15, 0.2) is 0 Å². The van der Waals surface area contributed by atoms with Crippen LogP contribution in [0.25, 0.3) is 0 Å². The standard InChI is InChI=1S/C20H24N2O5S/c1-25-14-5-6-15(16(12-14)26-2)22-19(24)18(23)21-13-20(7-9-27-10-8-20)17-4-3-11-28-17/h3-6,11-12H,7-10,13H2,1-2H3,(H,21,23)(H,22,24). The first kappa shape index (κ1) is 20.2. The maximum absolute atomic E-state index is 12.4. The van der Waals surface area contributed by atoms with Crippen molar-refractivity contribution in [1.29, 1.82) is 0 Å². The van der Waals surface area contributed by atoms with Gasteiger partial charge >= 0.3 is 11.8 Å². The van der Waals surface area contributed by atoms with Gasteiger partial charge < -0.3 is 24.8 Å². The minimum absolute atomic E-state index is 0.194. The Morgan fingerprint density at radius 1 is 1.14 bits per heavy atom. The van der Waals surface area contributed by atoms with Crippen LogP contribution in [0.15, 0.2) is 35.7 Å². The molecule has 150 valence electrons. The van der Waals surface area contributed by atoms with Crippen molar-refractivity contribution < 1.29 is 23.8 Å². The largest absolute Gasteiger partial charge is 0.497 e. The van der Waals surface area contributed by atoms with Crippen molar-refractivity contribution in [3.63, 3.8) is 0 Å². The van der Waals surface area contributed by atoms with Crippen LogP contribution >= 0.6 is 11.3 Å². The van der Waals surface area contributed by atoms with Crippen molar-refractivity contribution in [2.45, 2.75) is 18.3 Å². The molecule has 7 nitrogen and oxygen atoms in total. The van der Waals surface area contributed by atoms with Crippen molar-refractivity contribution in [1.82, 2.24) is 5.32 Å². The van der Waals surface area contributed by atoms with E-state index in [4.69, 9.17) is 14.2 Å². The Labute approximate surface area is 168 Å². The van der Waals surface area contributed by atoms with E-state index in [0.717, 1.165) is 12.8 Å². The number of ether oxygens (including phenoxy) is 3. The topological polar surface area (TPSA) is 85.9 Å². The molecule has 1 aromatic heterocycles. The summed E-state index contributed by atoms with van der Waals surface area (Å²) in [7, 11) is 3.03. The minimum Gasteiger partial charge on any atom is -0.497 e. The summed E-state index contributed by atoms with van der Waals surface area (Å²) in [5, 5.41) is 7.41. The van der Waals surface area contributed by atoms with Crippen LogP contribution in [0.2, 0.25) is 0 Å². The molecular formula is C20H24N2O5S. The Kier molecular flexibility index (Phi) is 6.53. The predicted octanol–water partition coefficient (Wildman–Crippen LogP) is 2.57. The Morgan fingerprint density at radius 2 is 1.93 bits per heavy atom. The number of thiophene rings is 1. The van der Waals surface area contributed by atoms with Crippen molar-refractivity contribution >= 4 is 28.8 Å². The number of rotatable bonds is 6. The van der Waals surface area contributed by atoms with Crippen molar-refractivity contribution in [3.05, 3.63) is 40.6 Å². The van der Waals surface area contributed by atoms with Crippen LogP contribution in [0, 0.1) is 0 Å². The lowest BCUT2D eigenvalue weighted by Gasteiger charge is -2.36. The third kappa shape index (κ3) is 4.45. The number of methoxy groups -OCH3 is 2. The molecule has 0 aliphatic carbocycles. The SMILES string of the molecule is COc1ccc(NC(=O)C(=O)NCC2(c3cccs3)CCOCC2)c(OC)c1. The van der Waals surface area contributed by atoms with Gasteiger partial charge in [0.05, 0.1) is 19.9 Å². The Morgan fingerprint density at radius 3 is 2.57 bits per heavy atom. The highest BCUT2D eigenvalue weighted by molar-refractivity contribution is 7.10. The molecule has 2 heterocycles. The van der Waals surface area contributed by atoms with Gasteiger partial charge in [0.25, 0.3) is 0 Å². The predicted molar refractivity (Wildman–Crippen MR) is 107 cm³/mol. The van der Waals surface area contributed by atoms with E-state index in [9.17, 15) is 9.59 Å². The van der Waals surface area contributed by atoms with Crippen LogP contribution in [0.5, 0.6) is 11.5 Å². The molecule has 0 spiro atoms. The van der Waals surface area contributed by atoms with Crippen LogP contribution in [-0.4, -0.2) is 45.8 Å². The molecule has 28 heavy (non-hydrogen) atoms. The van der Waals surface area contributed by atoms with Gasteiger partial charge in [0.1, 0.15) is 11.5 Å². The molecular weight excluding hydrogens is 380 g/mol. The van der Waals surface area contributed by atoms with Gasteiger partial charge in [-0.1, -0.05) is 6.07 Å². The van der Waals surface area contributed by atoms with Crippen molar-refractivity contribution in [2.24, 2.45) is 0 Å². The number of hydrogen-bond acceptors (Lipinski definition) is 6. The summed E-state index contributed by atoms with van der Waals surface area (Å²) >= 11 is 1.66. The molecule has 2 amide bonds. The van der Waals surface area contributed by atoms with Gasteiger partial charge in [-0.2, -0.15) is 0 Å². The molecule has 2 N–H and O–H groups in total. The van der Waals surface area contributed by atoms with Crippen LogP contribution in [0.1, 0.15) is 17.7 Å². The zero-order valence-electron chi connectivity index (χ0n) is 15.9. The first-order chi connectivity index (χ1) is 13.6. The van der Waals surface area contributed by atoms with Gasteiger partial charge in [0.2, 0.25) is 0 Å². The third-order valence-corrected chi connectivity index (χ3v) is 6.06. The lowest BCUT2D eigenvalue weighted by Crippen LogP contribution is -2.46. The number of carbonyl (C=O) groups is 2. The highest BCUT2D eigenvalue weighted by Crippen LogP contribution is 2.37. The van der Waals surface area contributed by atoms with E-state index in [1.54, 1.807) is 36.6 Å². The second kappa shape index (κ2) is 9.07. The fourth-order valence-electron chi connectivity index (χ4n) is 3.26. The number of benzene rings is 1. The molecule has 0 atom stereocenters. The number of nitrogens with one attached hydrogen (secondary N) is 2. The van der Waals surface area contributed by atoms with Gasteiger partial charge in [-0.05, 0) is 36.4 Å². The first-order valence-electron chi connectivity index (χ1n) is 9.01. The summed E-state index contributed by atoms with van der Waals surface area (Å²) in [5.74, 6) is -0.408. The van der Waals surface area contributed by atoms with Crippen molar-refractivity contribution in [3.8, 4) is 11.5 Å². The second-order valence-electron chi connectivity index (χ2n) is 6.57. The molecule has 0 bridgehead atoms. The first-order valence-corrected chi connectivity index (χ1v) is 9.89. The molecule has 1 fully saturated rings. The molecule has 1 aromatic carbocycles. The maximum Gasteiger partial charge on any atom is 0.313 e. The number of hydrogen-bond donors (Lipinski definition) is 2. The van der Waals surface area contributed by atoms with Crippen LogP contribution in [0.4, 0.5) is 5.69 Å². The molecule has 0 unspecified atom stereocenters. The van der Waals surface area contributed by atoms with Crippen LogP contribution < -0.4 is 20.1 Å². The molecule has 8 heteroatoms. The summed E-state index contributed by atoms with van der Waals surface area (Å²) in [6.45, 7) is 1.68. The molecule has 1 saturated heterocycles. The fraction of sp³-hybridized carbons (Fsp3) is 0.400. The average Bonchev–Trinajstić information content (AvgIpc) is 3.28. The number of carbonyl (C=O) groups excluding carboxylic acids is 2. The molecule has 1 aliphatic rings. The van der Waals surface area contributed by atoms with Crippen LogP contribution in [-0.2, 0) is 19.7 Å². The summed E-state index contributed by atoms with van der Waals surface area (Å²) in [6, 6.07) is 9.03. The minimum atomic E-state index is -0.739. The van der Waals surface area contributed by atoms with Gasteiger partial charge in [-0.15, -0.1) is 11.3 Å². The Bertz CT molecular complexity index is 816. The zero-order chi connectivity index (χ0) is 20.0. The molecule has 0 radical (unpaired) electrons. The third-order valence-electron chi connectivity index (χ3n) is 4.94. The summed E-state index contributed by atoms with van der Waals surface area (Å²) in [5.41, 5.74) is 0.211. The molecule has 2 aromatic rings. The van der Waals surface area contributed by atoms with Crippen molar-refractivity contribution in [2.75, 3.05) is 39.3 Å². The monoisotopic (exact) mass is 404 g/mol. The fourth-order valence-corrected chi connectivity index (χ4v) is 4.25. The van der Waals surface area contributed by atoms with E-state index in [1.807, 2.05) is 11.4 Å². The molecule has 1 aliphatic heterocycles. The van der Waals surface area contributed by atoms with Crippen LogP contribution in [0.3, 0.4) is 0 Å². The van der Waals surface area contributed by atoms with Gasteiger partial charge in [-0.25, -0.2) is 0 Å². The normalized spacial score (nSPS) is 15.5. The zero-order valence-corrected chi connectivity index (χ0v) is 16.8. The Hall–Kier alpha value is -2.58. The summed E-state index contributed by atoms with van der Waals surface area (Å²) in [4.78, 5) is 26.0. The number of anilines is 1. The van der Waals surface area contributed by atoms with E-state index in [2.05, 4.69) is 16.7 Å². The quantitative estimate of drug-likeness (QED) is 0.723. The van der Waals surface area contributed by atoms with Gasteiger partial charge in [-0.3, -0.25) is 9.59 Å². The average molecular weight is 404 g/mol. The second-order valence-corrected chi connectivity index (χ2v) is 7.52. The van der Waals surface area contributed by atoms with E-state index >= 15 is 0 Å². The maximum atomic E-state index is 12.4.